The molecule has 0 atom stereocenters. The van der Waals surface area contributed by atoms with Crippen LogP contribution in [-0.4, -0.2) is 14.8 Å². The summed E-state index contributed by atoms with van der Waals surface area (Å²) in [4.78, 5) is 4.00. The Morgan fingerprint density at radius 2 is 2.21 bits per heavy atom. The maximum atomic E-state index is 5.81. The van der Waals surface area contributed by atoms with Gasteiger partial charge in [0.2, 0.25) is 0 Å². The Labute approximate surface area is 94.9 Å². The summed E-state index contributed by atoms with van der Waals surface area (Å²) in [5.74, 6) is 0. The van der Waals surface area contributed by atoms with E-state index in [0.29, 0.717) is 11.6 Å². The molecule has 0 aromatic carbocycles. The second kappa shape index (κ2) is 4.11. The van der Waals surface area contributed by atoms with Gasteiger partial charge in [0.25, 0.3) is 0 Å². The minimum absolute atomic E-state index is 0.647. The minimum Gasteiger partial charge on any atom is -0.267 e. The fraction of sp³-hybridized carbons (Fsp3) is 0.111. The fourth-order valence-electron chi connectivity index (χ4n) is 1.15. The maximum Gasteiger partial charge on any atom is 0.0675 e. The van der Waals surface area contributed by atoms with Crippen LogP contribution in [0.15, 0.2) is 35.3 Å². The maximum absolute atomic E-state index is 5.81. The molecule has 0 aliphatic rings. The first-order valence-electron chi connectivity index (χ1n) is 4.01. The summed E-state index contributed by atoms with van der Waals surface area (Å²) in [6, 6.07) is 1.88. The molecule has 14 heavy (non-hydrogen) atoms. The highest BCUT2D eigenvalue weighted by molar-refractivity contribution is 9.10. The van der Waals surface area contributed by atoms with Crippen LogP contribution in [0.2, 0.25) is 5.02 Å². The Morgan fingerprint density at radius 1 is 1.36 bits per heavy atom. The summed E-state index contributed by atoms with van der Waals surface area (Å²) in [6.07, 6.45) is 7.05. The molecule has 5 heteroatoms. The van der Waals surface area contributed by atoms with E-state index in [-0.39, 0.29) is 0 Å². The highest BCUT2D eigenvalue weighted by Crippen LogP contribution is 2.11. The average Bonchev–Trinajstić information content (AvgIpc) is 2.51. The lowest BCUT2D eigenvalue weighted by atomic mass is 10.3. The predicted molar refractivity (Wildman–Crippen MR) is 58.3 cm³/mol. The lowest BCUT2D eigenvalue weighted by Crippen LogP contribution is -1.99. The van der Waals surface area contributed by atoms with E-state index in [1.165, 1.54) is 0 Å². The van der Waals surface area contributed by atoms with Crippen molar-refractivity contribution >= 4 is 27.5 Å². The van der Waals surface area contributed by atoms with E-state index in [9.17, 15) is 0 Å². The van der Waals surface area contributed by atoms with Crippen LogP contribution in [0.3, 0.4) is 0 Å². The number of nitrogens with zero attached hydrogens (tertiary/aromatic N) is 3. The van der Waals surface area contributed by atoms with Gasteiger partial charge in [-0.05, 0) is 27.6 Å². The molecule has 0 unspecified atom stereocenters. The molecule has 2 rings (SSSR count). The van der Waals surface area contributed by atoms with Crippen molar-refractivity contribution in [1.82, 2.24) is 14.8 Å². The molecular weight excluding hydrogens is 265 g/mol. The van der Waals surface area contributed by atoms with E-state index in [2.05, 4.69) is 26.0 Å². The van der Waals surface area contributed by atoms with Crippen LogP contribution in [-0.2, 0) is 6.54 Å². The van der Waals surface area contributed by atoms with E-state index < -0.39 is 0 Å². The summed E-state index contributed by atoms with van der Waals surface area (Å²) in [6.45, 7) is 0.680. The van der Waals surface area contributed by atoms with Gasteiger partial charge in [-0.15, -0.1) is 0 Å². The number of hydrogen-bond acceptors (Lipinski definition) is 2. The Morgan fingerprint density at radius 3 is 2.86 bits per heavy atom. The van der Waals surface area contributed by atoms with Gasteiger partial charge < -0.3 is 0 Å². The van der Waals surface area contributed by atoms with Crippen LogP contribution in [0.1, 0.15) is 5.56 Å². The molecule has 0 saturated heterocycles. The van der Waals surface area contributed by atoms with Crippen molar-refractivity contribution in [2.24, 2.45) is 0 Å². The van der Waals surface area contributed by atoms with Gasteiger partial charge in [0, 0.05) is 18.6 Å². The van der Waals surface area contributed by atoms with E-state index in [4.69, 9.17) is 11.6 Å². The molecule has 0 amide bonds. The zero-order chi connectivity index (χ0) is 9.97. The van der Waals surface area contributed by atoms with Gasteiger partial charge in [0.15, 0.2) is 0 Å². The molecule has 2 aromatic rings. The Hall–Kier alpha value is -0.870. The van der Waals surface area contributed by atoms with Crippen molar-refractivity contribution in [2.45, 2.75) is 6.54 Å². The summed E-state index contributed by atoms with van der Waals surface area (Å²) >= 11 is 9.15. The van der Waals surface area contributed by atoms with Gasteiger partial charge in [-0.3, -0.25) is 9.67 Å². The highest BCUT2D eigenvalue weighted by atomic mass is 79.9. The van der Waals surface area contributed by atoms with Crippen molar-refractivity contribution in [3.05, 3.63) is 45.9 Å². The number of hydrogen-bond donors (Lipinski definition) is 0. The van der Waals surface area contributed by atoms with Crippen molar-refractivity contribution in [2.75, 3.05) is 0 Å². The van der Waals surface area contributed by atoms with Crippen molar-refractivity contribution in [1.29, 1.82) is 0 Å². The molecule has 0 radical (unpaired) electrons. The first-order valence-corrected chi connectivity index (χ1v) is 5.18. The third-order valence-corrected chi connectivity index (χ3v) is 2.32. The number of halogens is 2. The SMILES string of the molecule is Clc1cncc(Cn2cc(Br)cn2)c1. The number of rotatable bonds is 2. The molecule has 0 spiro atoms. The summed E-state index contributed by atoms with van der Waals surface area (Å²) in [7, 11) is 0. The first-order chi connectivity index (χ1) is 6.74. The molecule has 2 heterocycles. The fourth-order valence-corrected chi connectivity index (χ4v) is 1.68. The van der Waals surface area contributed by atoms with Gasteiger partial charge in [-0.25, -0.2) is 0 Å². The van der Waals surface area contributed by atoms with Gasteiger partial charge in [0.05, 0.1) is 22.2 Å². The molecule has 0 aliphatic heterocycles. The lowest BCUT2D eigenvalue weighted by molar-refractivity contribution is 0.684. The lowest BCUT2D eigenvalue weighted by Gasteiger charge is -2.00. The van der Waals surface area contributed by atoms with Crippen LogP contribution >= 0.6 is 27.5 Å². The predicted octanol–water partition coefficient (Wildman–Crippen LogP) is 2.74. The van der Waals surface area contributed by atoms with Crippen LogP contribution in [0, 0.1) is 0 Å². The molecule has 0 bridgehead atoms. The van der Waals surface area contributed by atoms with Gasteiger partial charge in [-0.2, -0.15) is 5.10 Å². The Bertz CT molecular complexity index is 441. The van der Waals surface area contributed by atoms with Crippen LogP contribution in [0.5, 0.6) is 0 Å². The Kier molecular flexibility index (Phi) is 2.84. The summed E-state index contributed by atoms with van der Waals surface area (Å²) < 4.78 is 2.78. The van der Waals surface area contributed by atoms with Gasteiger partial charge in [-0.1, -0.05) is 11.6 Å². The molecular formula is C9H7BrClN3. The Balaban J connectivity index is 2.18. The topological polar surface area (TPSA) is 30.7 Å². The summed E-state index contributed by atoms with van der Waals surface area (Å²) in [5.41, 5.74) is 1.04. The zero-order valence-electron chi connectivity index (χ0n) is 7.19. The second-order valence-electron chi connectivity index (χ2n) is 2.87. The molecule has 0 saturated carbocycles. The van der Waals surface area contributed by atoms with E-state index in [1.807, 2.05) is 16.9 Å². The molecule has 72 valence electrons. The van der Waals surface area contributed by atoms with Crippen LogP contribution in [0.25, 0.3) is 0 Å². The standard InChI is InChI=1S/C9H7BrClN3/c10-8-3-13-14(6-8)5-7-1-9(11)4-12-2-7/h1-4,6H,5H2. The minimum atomic E-state index is 0.647. The smallest absolute Gasteiger partial charge is 0.0675 e. The molecule has 0 N–H and O–H groups in total. The highest BCUT2D eigenvalue weighted by Gasteiger charge is 1.98. The van der Waals surface area contributed by atoms with Crippen molar-refractivity contribution < 1.29 is 0 Å². The van der Waals surface area contributed by atoms with Gasteiger partial charge >= 0.3 is 0 Å². The van der Waals surface area contributed by atoms with Gasteiger partial charge in [0.1, 0.15) is 0 Å². The third kappa shape index (κ3) is 2.33. The van der Waals surface area contributed by atoms with Crippen molar-refractivity contribution in [3.63, 3.8) is 0 Å². The molecule has 0 fully saturated rings. The number of aromatic nitrogens is 3. The number of pyridine rings is 1. The first kappa shape index (κ1) is 9.68. The van der Waals surface area contributed by atoms with E-state index in [1.54, 1.807) is 18.6 Å². The third-order valence-electron chi connectivity index (χ3n) is 1.71. The summed E-state index contributed by atoms with van der Waals surface area (Å²) in [5, 5.41) is 4.79. The normalized spacial score (nSPS) is 10.4. The molecule has 2 aromatic heterocycles. The molecule has 3 nitrogen and oxygen atoms in total. The quantitative estimate of drug-likeness (QED) is 0.841. The average molecular weight is 273 g/mol. The molecule has 0 aliphatic carbocycles. The monoisotopic (exact) mass is 271 g/mol. The zero-order valence-corrected chi connectivity index (χ0v) is 9.53. The van der Waals surface area contributed by atoms with Crippen LogP contribution in [0.4, 0.5) is 0 Å². The second-order valence-corrected chi connectivity index (χ2v) is 4.22. The largest absolute Gasteiger partial charge is 0.267 e. The van der Waals surface area contributed by atoms with E-state index in [0.717, 1.165) is 10.0 Å². The van der Waals surface area contributed by atoms with E-state index >= 15 is 0 Å². The van der Waals surface area contributed by atoms with Crippen molar-refractivity contribution in [3.8, 4) is 0 Å². The van der Waals surface area contributed by atoms with Crippen LogP contribution < -0.4 is 0 Å².